The van der Waals surface area contributed by atoms with E-state index in [-0.39, 0.29) is 17.9 Å². The number of hydrogen-bond donors (Lipinski definition) is 1. The average molecular weight is 461 g/mol. The lowest BCUT2D eigenvalue weighted by molar-refractivity contribution is -0.135. The van der Waals surface area contributed by atoms with Gasteiger partial charge in [-0.1, -0.05) is 47.6 Å². The third-order valence-electron chi connectivity index (χ3n) is 6.25. The first-order chi connectivity index (χ1) is 16.5. The number of aromatic nitrogens is 1. The van der Waals surface area contributed by atoms with Crippen molar-refractivity contribution in [2.45, 2.75) is 32.6 Å². The van der Waals surface area contributed by atoms with Crippen LogP contribution in [0.25, 0.3) is 11.3 Å². The highest BCUT2D eigenvalue weighted by Crippen LogP contribution is 2.21. The zero-order valence-electron chi connectivity index (χ0n) is 19.9. The number of likely N-dealkylation sites (tertiary alicyclic amines) is 1. The fourth-order valence-corrected chi connectivity index (χ4v) is 4.38. The number of hydrogen-bond acceptors (Lipinski definition) is 4. The Hall–Kier alpha value is -3.61. The van der Waals surface area contributed by atoms with Crippen molar-refractivity contribution in [1.82, 2.24) is 15.0 Å². The minimum absolute atomic E-state index is 0.0931. The van der Waals surface area contributed by atoms with Crippen molar-refractivity contribution in [3.05, 3.63) is 72.0 Å². The van der Waals surface area contributed by atoms with Gasteiger partial charge < -0.3 is 19.6 Å². The molecule has 0 spiro atoms. The summed E-state index contributed by atoms with van der Waals surface area (Å²) in [5.74, 6) is 0.740. The van der Waals surface area contributed by atoms with Crippen LogP contribution in [0.1, 0.15) is 30.6 Å². The molecule has 7 nitrogen and oxygen atoms in total. The lowest BCUT2D eigenvalue weighted by Crippen LogP contribution is -2.47. The highest BCUT2D eigenvalue weighted by atomic mass is 16.5. The Morgan fingerprint density at radius 3 is 2.76 bits per heavy atom. The number of anilines is 1. The second-order valence-electron chi connectivity index (χ2n) is 8.99. The number of urea groups is 1. The first-order valence-electron chi connectivity index (χ1n) is 11.9. The lowest BCUT2D eigenvalue weighted by Gasteiger charge is -2.34. The summed E-state index contributed by atoms with van der Waals surface area (Å²) in [4.78, 5) is 29.3. The van der Waals surface area contributed by atoms with Crippen molar-refractivity contribution >= 4 is 17.6 Å². The molecule has 1 aliphatic heterocycles. The van der Waals surface area contributed by atoms with E-state index in [1.165, 1.54) is 0 Å². The summed E-state index contributed by atoms with van der Waals surface area (Å²) in [5, 5.41) is 7.11. The number of carbonyl (C=O) groups excluding carboxylic acids is 2. The minimum Gasteiger partial charge on any atom is -0.361 e. The number of nitrogens with zero attached hydrogens (tertiary/aromatic N) is 3. The molecule has 34 heavy (non-hydrogen) atoms. The number of carbonyl (C=O) groups is 2. The molecule has 7 heteroatoms. The van der Waals surface area contributed by atoms with Crippen molar-refractivity contribution in [2.75, 3.05) is 32.0 Å². The molecule has 1 N–H and O–H groups in total. The standard InChI is InChI=1S/C27H32N4O3/c1-20-9-6-13-23(17-20)28-27(33)31-16-7-12-22(19-31)26(32)30(2)15-8-14-24-18-25(29-34-24)21-10-4-3-5-11-21/h3-6,9-11,13,17-18,22H,7-8,12,14-16,19H2,1-2H3,(H,28,33). The Kier molecular flexibility index (Phi) is 7.62. The van der Waals surface area contributed by atoms with Crippen molar-refractivity contribution in [1.29, 1.82) is 0 Å². The van der Waals surface area contributed by atoms with E-state index >= 15 is 0 Å². The maximum absolute atomic E-state index is 13.0. The molecule has 0 saturated carbocycles. The Morgan fingerprint density at radius 2 is 1.97 bits per heavy atom. The number of aryl methyl sites for hydroxylation is 2. The van der Waals surface area contributed by atoms with Crippen molar-refractivity contribution in [3.63, 3.8) is 0 Å². The van der Waals surface area contributed by atoms with E-state index < -0.39 is 0 Å². The summed E-state index contributed by atoms with van der Waals surface area (Å²) in [6.07, 6.45) is 3.13. The van der Waals surface area contributed by atoms with Gasteiger partial charge in [-0.25, -0.2) is 4.79 Å². The Balaban J connectivity index is 1.24. The highest BCUT2D eigenvalue weighted by Gasteiger charge is 2.30. The summed E-state index contributed by atoms with van der Waals surface area (Å²) < 4.78 is 5.47. The third kappa shape index (κ3) is 6.04. The summed E-state index contributed by atoms with van der Waals surface area (Å²) in [5.41, 5.74) is 3.72. The van der Waals surface area contributed by atoms with Crippen LogP contribution in [0.4, 0.5) is 10.5 Å². The van der Waals surface area contributed by atoms with Crippen LogP contribution in [-0.2, 0) is 11.2 Å². The topological polar surface area (TPSA) is 78.7 Å². The molecule has 2 heterocycles. The Bertz CT molecular complexity index is 1110. The molecule has 1 aliphatic rings. The molecule has 3 amide bonds. The normalized spacial score (nSPS) is 15.7. The molecule has 178 valence electrons. The van der Waals surface area contributed by atoms with E-state index in [0.717, 1.165) is 47.5 Å². The van der Waals surface area contributed by atoms with Gasteiger partial charge in [-0.15, -0.1) is 0 Å². The van der Waals surface area contributed by atoms with Crippen LogP contribution in [0.3, 0.4) is 0 Å². The molecule has 4 rings (SSSR count). The van der Waals surface area contributed by atoms with E-state index in [9.17, 15) is 9.59 Å². The molecule has 1 unspecified atom stereocenters. The van der Waals surface area contributed by atoms with Gasteiger partial charge in [0.25, 0.3) is 0 Å². The molecule has 3 aromatic rings. The van der Waals surface area contributed by atoms with E-state index in [2.05, 4.69) is 10.5 Å². The van der Waals surface area contributed by atoms with Gasteiger partial charge >= 0.3 is 6.03 Å². The lowest BCUT2D eigenvalue weighted by atomic mass is 9.96. The SMILES string of the molecule is Cc1cccc(NC(=O)N2CCCC(C(=O)N(C)CCCc3cc(-c4ccccc4)no3)C2)c1. The largest absolute Gasteiger partial charge is 0.361 e. The van der Waals surface area contributed by atoms with Crippen LogP contribution < -0.4 is 5.32 Å². The molecule has 1 saturated heterocycles. The summed E-state index contributed by atoms with van der Waals surface area (Å²) >= 11 is 0. The first kappa shape index (κ1) is 23.5. The molecule has 0 radical (unpaired) electrons. The summed E-state index contributed by atoms with van der Waals surface area (Å²) in [6.45, 7) is 3.74. The molecule has 1 aromatic heterocycles. The minimum atomic E-state index is -0.169. The van der Waals surface area contributed by atoms with Gasteiger partial charge in [-0.3, -0.25) is 4.79 Å². The van der Waals surface area contributed by atoms with Crippen LogP contribution in [0.15, 0.2) is 65.2 Å². The predicted octanol–water partition coefficient (Wildman–Crippen LogP) is 4.99. The van der Waals surface area contributed by atoms with E-state index in [1.807, 2.05) is 74.6 Å². The highest BCUT2D eigenvalue weighted by molar-refractivity contribution is 5.90. The maximum atomic E-state index is 13.0. The smallest absolute Gasteiger partial charge is 0.321 e. The van der Waals surface area contributed by atoms with Gasteiger partial charge in [0.05, 0.1) is 5.92 Å². The van der Waals surface area contributed by atoms with Crippen LogP contribution >= 0.6 is 0 Å². The molecular weight excluding hydrogens is 428 g/mol. The quantitative estimate of drug-likeness (QED) is 0.539. The van der Waals surface area contributed by atoms with Crippen molar-refractivity contribution in [3.8, 4) is 11.3 Å². The zero-order valence-corrected chi connectivity index (χ0v) is 19.9. The summed E-state index contributed by atoms with van der Waals surface area (Å²) in [6, 6.07) is 19.5. The van der Waals surface area contributed by atoms with Crippen LogP contribution in [0.5, 0.6) is 0 Å². The van der Waals surface area contributed by atoms with Crippen molar-refractivity contribution < 1.29 is 14.1 Å². The fraction of sp³-hybridized carbons (Fsp3) is 0.370. The first-order valence-corrected chi connectivity index (χ1v) is 11.9. The monoisotopic (exact) mass is 460 g/mol. The molecule has 0 aliphatic carbocycles. The number of rotatable bonds is 7. The zero-order chi connectivity index (χ0) is 23.9. The second kappa shape index (κ2) is 11.0. The molecule has 1 fully saturated rings. The molecule has 1 atom stereocenters. The predicted molar refractivity (Wildman–Crippen MR) is 132 cm³/mol. The fourth-order valence-electron chi connectivity index (χ4n) is 4.38. The number of amides is 3. The van der Waals surface area contributed by atoms with E-state index in [4.69, 9.17) is 4.52 Å². The Labute approximate surface area is 200 Å². The van der Waals surface area contributed by atoms with Gasteiger partial charge in [-0.05, 0) is 43.9 Å². The number of nitrogens with one attached hydrogen (secondary N) is 1. The van der Waals surface area contributed by atoms with Gasteiger partial charge in [0.2, 0.25) is 5.91 Å². The average Bonchev–Trinajstić information content (AvgIpc) is 3.33. The third-order valence-corrected chi connectivity index (χ3v) is 6.25. The Morgan fingerprint density at radius 1 is 1.15 bits per heavy atom. The van der Waals surface area contributed by atoms with Gasteiger partial charge in [0, 0.05) is 50.4 Å². The number of piperidine rings is 1. The second-order valence-corrected chi connectivity index (χ2v) is 8.99. The molecule has 0 bridgehead atoms. The van der Waals surface area contributed by atoms with Crippen LogP contribution in [-0.4, -0.2) is 53.6 Å². The van der Waals surface area contributed by atoms with Gasteiger partial charge in [0.1, 0.15) is 11.5 Å². The van der Waals surface area contributed by atoms with Crippen molar-refractivity contribution in [2.24, 2.45) is 5.92 Å². The summed E-state index contributed by atoms with van der Waals surface area (Å²) in [7, 11) is 1.84. The van der Waals surface area contributed by atoms with Gasteiger partial charge in [-0.2, -0.15) is 0 Å². The molecular formula is C27H32N4O3. The van der Waals surface area contributed by atoms with E-state index in [0.29, 0.717) is 26.1 Å². The number of benzene rings is 2. The maximum Gasteiger partial charge on any atom is 0.321 e. The van der Waals surface area contributed by atoms with Crippen LogP contribution in [0.2, 0.25) is 0 Å². The molecule has 2 aromatic carbocycles. The van der Waals surface area contributed by atoms with E-state index in [1.54, 1.807) is 9.80 Å². The van der Waals surface area contributed by atoms with Gasteiger partial charge in [0.15, 0.2) is 0 Å². The van der Waals surface area contributed by atoms with Crippen LogP contribution in [0, 0.1) is 12.8 Å².